The summed E-state index contributed by atoms with van der Waals surface area (Å²) in [5.74, 6) is 0. The second-order valence-electron chi connectivity index (χ2n) is 4.13. The molecule has 0 saturated carbocycles. The highest BCUT2D eigenvalue weighted by molar-refractivity contribution is 7.87. The third-order valence-corrected chi connectivity index (χ3v) is 4.04. The van der Waals surface area contributed by atoms with Crippen LogP contribution in [0.15, 0.2) is 12.4 Å². The summed E-state index contributed by atoms with van der Waals surface area (Å²) in [6, 6.07) is 0. The molecule has 1 heterocycles. The molecule has 0 atom stereocenters. The lowest BCUT2D eigenvalue weighted by atomic mass is 10.4. The minimum atomic E-state index is -3.41. The van der Waals surface area contributed by atoms with E-state index in [1.165, 1.54) is 4.31 Å². The van der Waals surface area contributed by atoms with Gasteiger partial charge in [0.25, 0.3) is 10.2 Å². The summed E-state index contributed by atoms with van der Waals surface area (Å²) < 4.78 is 29.2. The number of nitrogens with zero attached hydrogens (tertiary/aromatic N) is 3. The fraction of sp³-hybridized carbons (Fsp3) is 0.700. The van der Waals surface area contributed by atoms with E-state index >= 15 is 0 Å². The SMILES string of the molecule is CNCCCN(C)S(=O)(=O)NCc1cnn(C)c1. The molecule has 0 unspecified atom stereocenters. The Bertz CT molecular complexity index is 457. The first-order chi connectivity index (χ1) is 8.45. The van der Waals surface area contributed by atoms with Gasteiger partial charge in [0.1, 0.15) is 0 Å². The maximum atomic E-state index is 11.9. The van der Waals surface area contributed by atoms with Gasteiger partial charge in [0.05, 0.1) is 6.20 Å². The van der Waals surface area contributed by atoms with Gasteiger partial charge < -0.3 is 5.32 Å². The van der Waals surface area contributed by atoms with Crippen molar-refractivity contribution in [1.29, 1.82) is 0 Å². The molecule has 0 amide bonds. The molecule has 7 nitrogen and oxygen atoms in total. The molecule has 1 aromatic rings. The van der Waals surface area contributed by atoms with Gasteiger partial charge in [0.2, 0.25) is 0 Å². The Balaban J connectivity index is 2.43. The van der Waals surface area contributed by atoms with E-state index in [2.05, 4.69) is 15.1 Å². The van der Waals surface area contributed by atoms with Crippen LogP contribution >= 0.6 is 0 Å². The highest BCUT2D eigenvalue weighted by Crippen LogP contribution is 2.00. The standard InChI is InChI=1S/C10H21N5O2S/c1-11-5-4-6-15(3)18(16,17)13-8-10-7-12-14(2)9-10/h7,9,11,13H,4-6,8H2,1-3H3. The molecular weight excluding hydrogens is 254 g/mol. The van der Waals surface area contributed by atoms with E-state index in [9.17, 15) is 8.42 Å². The number of hydrogen-bond donors (Lipinski definition) is 2. The molecule has 2 N–H and O–H groups in total. The van der Waals surface area contributed by atoms with Crippen LogP contribution in [0.25, 0.3) is 0 Å². The first-order valence-electron chi connectivity index (χ1n) is 5.79. The third-order valence-electron chi connectivity index (χ3n) is 2.53. The van der Waals surface area contributed by atoms with Crippen molar-refractivity contribution in [3.63, 3.8) is 0 Å². The summed E-state index contributed by atoms with van der Waals surface area (Å²) in [4.78, 5) is 0. The molecule has 1 rings (SSSR count). The highest BCUT2D eigenvalue weighted by Gasteiger charge is 2.16. The lowest BCUT2D eigenvalue weighted by molar-refractivity contribution is 0.447. The molecule has 0 saturated heterocycles. The zero-order valence-electron chi connectivity index (χ0n) is 11.0. The molecule has 0 aromatic carbocycles. The normalized spacial score (nSPS) is 12.2. The summed E-state index contributed by atoms with van der Waals surface area (Å²) >= 11 is 0. The fourth-order valence-corrected chi connectivity index (χ4v) is 2.39. The molecule has 0 spiro atoms. The molecule has 0 bridgehead atoms. The highest BCUT2D eigenvalue weighted by atomic mass is 32.2. The fourth-order valence-electron chi connectivity index (χ4n) is 1.45. The van der Waals surface area contributed by atoms with E-state index in [1.54, 1.807) is 31.2 Å². The van der Waals surface area contributed by atoms with Crippen molar-refractivity contribution in [2.45, 2.75) is 13.0 Å². The van der Waals surface area contributed by atoms with Crippen LogP contribution in [0.5, 0.6) is 0 Å². The van der Waals surface area contributed by atoms with E-state index in [-0.39, 0.29) is 6.54 Å². The van der Waals surface area contributed by atoms with Crippen molar-refractivity contribution in [2.24, 2.45) is 7.05 Å². The molecule has 0 aliphatic rings. The number of hydrogen-bond acceptors (Lipinski definition) is 4. The predicted octanol–water partition coefficient (Wildman–Crippen LogP) is -0.704. The van der Waals surface area contributed by atoms with Gasteiger partial charge in [-0.2, -0.15) is 22.5 Å². The Morgan fingerprint density at radius 2 is 2.22 bits per heavy atom. The van der Waals surface area contributed by atoms with Crippen LogP contribution in [0.4, 0.5) is 0 Å². The Morgan fingerprint density at radius 3 is 2.78 bits per heavy atom. The van der Waals surface area contributed by atoms with Gasteiger partial charge >= 0.3 is 0 Å². The maximum Gasteiger partial charge on any atom is 0.279 e. The molecule has 1 aromatic heterocycles. The van der Waals surface area contributed by atoms with Crippen LogP contribution in [-0.4, -0.2) is 49.7 Å². The molecule has 18 heavy (non-hydrogen) atoms. The number of nitrogens with one attached hydrogen (secondary N) is 2. The Labute approximate surface area is 108 Å². The maximum absolute atomic E-state index is 11.9. The van der Waals surface area contributed by atoms with E-state index in [4.69, 9.17) is 0 Å². The Kier molecular flexibility index (Phi) is 5.73. The summed E-state index contributed by atoms with van der Waals surface area (Å²) in [5.41, 5.74) is 0.838. The third kappa shape index (κ3) is 4.73. The lowest BCUT2D eigenvalue weighted by Crippen LogP contribution is -2.38. The van der Waals surface area contributed by atoms with Gasteiger partial charge in [-0.25, -0.2) is 0 Å². The minimum Gasteiger partial charge on any atom is -0.320 e. The topological polar surface area (TPSA) is 79.3 Å². The molecule has 104 valence electrons. The zero-order valence-corrected chi connectivity index (χ0v) is 11.9. The molecule has 0 aliphatic carbocycles. The summed E-state index contributed by atoms with van der Waals surface area (Å²) in [6.45, 7) is 1.54. The van der Waals surface area contributed by atoms with Crippen LogP contribution < -0.4 is 10.0 Å². The number of aromatic nitrogens is 2. The molecule has 0 radical (unpaired) electrons. The average molecular weight is 275 g/mol. The van der Waals surface area contributed by atoms with Gasteiger partial charge in [0.15, 0.2) is 0 Å². The van der Waals surface area contributed by atoms with Crippen LogP contribution in [-0.2, 0) is 23.8 Å². The molecular formula is C10H21N5O2S. The van der Waals surface area contributed by atoms with Crippen LogP contribution in [0.3, 0.4) is 0 Å². The second-order valence-corrected chi connectivity index (χ2v) is 5.99. The van der Waals surface area contributed by atoms with Gasteiger partial charge in [-0.05, 0) is 20.0 Å². The summed E-state index contributed by atoms with van der Waals surface area (Å²) in [7, 11) is 1.80. The first-order valence-corrected chi connectivity index (χ1v) is 7.23. The van der Waals surface area contributed by atoms with Crippen molar-refractivity contribution in [1.82, 2.24) is 24.1 Å². The monoisotopic (exact) mass is 275 g/mol. The summed E-state index contributed by atoms with van der Waals surface area (Å²) in [6.07, 6.45) is 4.20. The van der Waals surface area contributed by atoms with Gasteiger partial charge in [-0.3, -0.25) is 4.68 Å². The molecule has 0 aliphatic heterocycles. The quantitative estimate of drug-likeness (QED) is 0.615. The Morgan fingerprint density at radius 1 is 1.50 bits per heavy atom. The van der Waals surface area contributed by atoms with E-state index < -0.39 is 10.2 Å². The predicted molar refractivity (Wildman–Crippen MR) is 70.1 cm³/mol. The lowest BCUT2D eigenvalue weighted by Gasteiger charge is -2.17. The first kappa shape index (κ1) is 15.1. The minimum absolute atomic E-state index is 0.256. The van der Waals surface area contributed by atoms with Crippen LogP contribution in [0, 0.1) is 0 Å². The second kappa shape index (κ2) is 6.83. The van der Waals surface area contributed by atoms with Gasteiger partial charge in [-0.1, -0.05) is 0 Å². The van der Waals surface area contributed by atoms with E-state index in [1.807, 2.05) is 7.05 Å². The van der Waals surface area contributed by atoms with E-state index in [0.29, 0.717) is 6.54 Å². The van der Waals surface area contributed by atoms with Crippen LogP contribution in [0.2, 0.25) is 0 Å². The van der Waals surface area contributed by atoms with Crippen molar-refractivity contribution in [2.75, 3.05) is 27.2 Å². The average Bonchev–Trinajstić information content (AvgIpc) is 2.73. The number of aryl methyl sites for hydroxylation is 1. The van der Waals surface area contributed by atoms with Gasteiger partial charge in [-0.15, -0.1) is 0 Å². The van der Waals surface area contributed by atoms with Crippen LogP contribution in [0.1, 0.15) is 12.0 Å². The van der Waals surface area contributed by atoms with E-state index in [0.717, 1.165) is 18.5 Å². The van der Waals surface area contributed by atoms with Crippen molar-refractivity contribution < 1.29 is 8.42 Å². The molecule has 8 heteroatoms. The van der Waals surface area contributed by atoms with Gasteiger partial charge in [0, 0.05) is 38.9 Å². The van der Waals surface area contributed by atoms with Crippen molar-refractivity contribution >= 4 is 10.2 Å². The van der Waals surface area contributed by atoms with Crippen molar-refractivity contribution in [3.05, 3.63) is 18.0 Å². The molecule has 0 fully saturated rings. The Hall–Kier alpha value is -0.960. The smallest absolute Gasteiger partial charge is 0.279 e. The summed E-state index contributed by atoms with van der Waals surface area (Å²) in [5, 5.41) is 6.96. The zero-order chi connectivity index (χ0) is 13.6. The van der Waals surface area contributed by atoms with Crippen molar-refractivity contribution in [3.8, 4) is 0 Å². The number of rotatable bonds is 8. The largest absolute Gasteiger partial charge is 0.320 e.